The number of aliphatic hydroxyl groups is 1. The second-order valence-electron chi connectivity index (χ2n) is 5.75. The third kappa shape index (κ3) is 4.96. The number of hydrogen-bond donors (Lipinski definition) is 1. The minimum atomic E-state index is -0.244. The Labute approximate surface area is 142 Å². The van der Waals surface area contributed by atoms with Gasteiger partial charge in [0.15, 0.2) is 0 Å². The third-order valence-corrected chi connectivity index (χ3v) is 3.45. The molecule has 0 amide bonds. The van der Waals surface area contributed by atoms with Gasteiger partial charge in [-0.1, -0.05) is 38.1 Å². The van der Waals surface area contributed by atoms with Crippen LogP contribution in [0.2, 0.25) is 0 Å². The Balaban J connectivity index is 2.10. The number of ether oxygens (including phenoxy) is 2. The van der Waals surface area contributed by atoms with Gasteiger partial charge in [0.2, 0.25) is 0 Å². The fourth-order valence-electron chi connectivity index (χ4n) is 2.06. The number of hydrogen-bond acceptors (Lipinski definition) is 4. The van der Waals surface area contributed by atoms with Crippen LogP contribution in [-0.4, -0.2) is 18.2 Å². The molecule has 0 heterocycles. The molecule has 0 aromatic heterocycles. The zero-order chi connectivity index (χ0) is 17.5. The molecule has 0 spiro atoms. The van der Waals surface area contributed by atoms with E-state index in [0.717, 1.165) is 16.7 Å². The Kier molecular flexibility index (Phi) is 6.15. The second-order valence-corrected chi connectivity index (χ2v) is 5.75. The summed E-state index contributed by atoms with van der Waals surface area (Å²) in [5.74, 6) is 0.844. The first-order valence-electron chi connectivity index (χ1n) is 7.80. The molecule has 0 atom stereocenters. The summed E-state index contributed by atoms with van der Waals surface area (Å²) in [6.45, 7) is 3.57. The highest BCUT2D eigenvalue weighted by Crippen LogP contribution is 2.20. The average molecular weight is 326 g/mol. The molecule has 4 nitrogen and oxygen atoms in total. The van der Waals surface area contributed by atoms with Gasteiger partial charge in [-0.2, -0.15) is 0 Å². The molecule has 2 rings (SSSR count). The fourth-order valence-corrected chi connectivity index (χ4v) is 2.06. The van der Waals surface area contributed by atoms with E-state index in [0.29, 0.717) is 11.5 Å². The van der Waals surface area contributed by atoms with Crippen molar-refractivity contribution in [1.82, 2.24) is 0 Å². The predicted molar refractivity (Wildman–Crippen MR) is 94.8 cm³/mol. The van der Waals surface area contributed by atoms with E-state index in [9.17, 15) is 9.90 Å². The van der Waals surface area contributed by atoms with E-state index >= 15 is 0 Å². The molecule has 126 valence electrons. The van der Waals surface area contributed by atoms with Crippen molar-refractivity contribution < 1.29 is 19.4 Å². The molecular weight excluding hydrogens is 304 g/mol. The van der Waals surface area contributed by atoms with Gasteiger partial charge in [0.25, 0.3) is 0 Å². The molecule has 0 saturated carbocycles. The van der Waals surface area contributed by atoms with Crippen LogP contribution < -0.4 is 9.47 Å². The number of rotatable bonds is 6. The zero-order valence-electron chi connectivity index (χ0n) is 14.2. The van der Waals surface area contributed by atoms with Gasteiger partial charge in [-0.25, -0.2) is 0 Å². The number of aliphatic hydroxyl groups excluding tert-OH is 1. The lowest BCUT2D eigenvalue weighted by Gasteiger charge is -2.06. The molecule has 1 N–H and O–H groups in total. The van der Waals surface area contributed by atoms with E-state index in [1.54, 1.807) is 39.2 Å². The van der Waals surface area contributed by atoms with Crippen molar-refractivity contribution in [2.75, 3.05) is 7.11 Å². The van der Waals surface area contributed by atoms with Gasteiger partial charge in [-0.05, 0) is 47.0 Å². The highest BCUT2D eigenvalue weighted by molar-refractivity contribution is 5.75. The summed E-state index contributed by atoms with van der Waals surface area (Å²) in [6, 6.07) is 12.9. The third-order valence-electron chi connectivity index (χ3n) is 3.45. The molecule has 0 aliphatic heterocycles. The van der Waals surface area contributed by atoms with Crippen molar-refractivity contribution in [2.24, 2.45) is 5.92 Å². The van der Waals surface area contributed by atoms with Gasteiger partial charge >= 0.3 is 5.97 Å². The van der Waals surface area contributed by atoms with E-state index in [1.807, 2.05) is 36.4 Å². The molecule has 0 radical (unpaired) electrons. The van der Waals surface area contributed by atoms with E-state index in [4.69, 9.17) is 9.47 Å². The Morgan fingerprint density at radius 2 is 1.71 bits per heavy atom. The summed E-state index contributed by atoms with van der Waals surface area (Å²) in [7, 11) is 1.60. The van der Waals surface area contributed by atoms with Crippen LogP contribution in [0.5, 0.6) is 11.5 Å². The summed E-state index contributed by atoms with van der Waals surface area (Å²) in [4.78, 5) is 11.6. The van der Waals surface area contributed by atoms with Crippen molar-refractivity contribution in [2.45, 2.75) is 20.5 Å². The highest BCUT2D eigenvalue weighted by Gasteiger charge is 2.09. The first kappa shape index (κ1) is 17.8. The van der Waals surface area contributed by atoms with Gasteiger partial charge in [-0.15, -0.1) is 0 Å². The van der Waals surface area contributed by atoms with Crippen LogP contribution in [0.15, 0.2) is 42.5 Å². The monoisotopic (exact) mass is 326 g/mol. The highest BCUT2D eigenvalue weighted by atomic mass is 16.5. The van der Waals surface area contributed by atoms with Crippen LogP contribution in [0.4, 0.5) is 0 Å². The molecular formula is C20H22O4. The van der Waals surface area contributed by atoms with Gasteiger partial charge in [0.1, 0.15) is 11.5 Å². The number of methoxy groups -OCH3 is 1. The van der Waals surface area contributed by atoms with Crippen LogP contribution in [0.25, 0.3) is 12.2 Å². The Hall–Kier alpha value is -2.59. The molecule has 2 aromatic carbocycles. The molecule has 0 saturated heterocycles. The average Bonchev–Trinajstić information content (AvgIpc) is 2.60. The molecule has 24 heavy (non-hydrogen) atoms. The SMILES string of the molecule is COc1cc(/C=C/c2ccc(OC(=O)C(C)C)cc2)cc(CO)c1. The van der Waals surface area contributed by atoms with E-state index < -0.39 is 0 Å². The topological polar surface area (TPSA) is 55.8 Å². The lowest BCUT2D eigenvalue weighted by molar-refractivity contribution is -0.137. The van der Waals surface area contributed by atoms with Gasteiger partial charge in [0, 0.05) is 0 Å². The Morgan fingerprint density at radius 3 is 2.29 bits per heavy atom. The summed E-state index contributed by atoms with van der Waals surface area (Å²) < 4.78 is 10.5. The zero-order valence-corrected chi connectivity index (χ0v) is 14.2. The molecule has 2 aromatic rings. The Morgan fingerprint density at radius 1 is 1.04 bits per heavy atom. The largest absolute Gasteiger partial charge is 0.497 e. The maximum Gasteiger partial charge on any atom is 0.313 e. The smallest absolute Gasteiger partial charge is 0.313 e. The minimum Gasteiger partial charge on any atom is -0.497 e. The predicted octanol–water partition coefficient (Wildman–Crippen LogP) is 3.92. The van der Waals surface area contributed by atoms with Crippen molar-refractivity contribution >= 4 is 18.1 Å². The maximum atomic E-state index is 11.6. The molecule has 0 fully saturated rings. The number of carbonyl (C=O) groups excluding carboxylic acids is 1. The quantitative estimate of drug-likeness (QED) is 0.496. The van der Waals surface area contributed by atoms with Crippen LogP contribution in [0.1, 0.15) is 30.5 Å². The summed E-state index contributed by atoms with van der Waals surface area (Å²) in [5.41, 5.74) is 2.71. The first-order chi connectivity index (χ1) is 11.5. The number of benzene rings is 2. The summed E-state index contributed by atoms with van der Waals surface area (Å²) >= 11 is 0. The van der Waals surface area contributed by atoms with Crippen LogP contribution in [0.3, 0.4) is 0 Å². The molecule has 0 unspecified atom stereocenters. The van der Waals surface area contributed by atoms with Gasteiger partial charge < -0.3 is 14.6 Å². The molecule has 0 bridgehead atoms. The standard InChI is InChI=1S/C20H22O4/c1-14(2)20(22)24-18-8-6-15(7-9-18)4-5-16-10-17(13-21)12-19(11-16)23-3/h4-12,14,21H,13H2,1-3H3/b5-4+. The van der Waals surface area contributed by atoms with E-state index in [1.165, 1.54) is 0 Å². The molecule has 0 aliphatic carbocycles. The number of esters is 1. The Bertz CT molecular complexity index is 693. The minimum absolute atomic E-state index is 0.0338. The maximum absolute atomic E-state index is 11.6. The lowest BCUT2D eigenvalue weighted by atomic mass is 10.1. The van der Waals surface area contributed by atoms with Crippen LogP contribution in [-0.2, 0) is 11.4 Å². The summed E-state index contributed by atoms with van der Waals surface area (Å²) in [5, 5.41) is 9.29. The molecule has 4 heteroatoms. The molecule has 0 aliphatic rings. The lowest BCUT2D eigenvalue weighted by Crippen LogP contribution is -2.14. The van der Waals surface area contributed by atoms with Crippen molar-refractivity contribution in [3.8, 4) is 11.5 Å². The fraction of sp³-hybridized carbons (Fsp3) is 0.250. The first-order valence-corrected chi connectivity index (χ1v) is 7.80. The van der Waals surface area contributed by atoms with Crippen LogP contribution in [0, 0.1) is 5.92 Å². The van der Waals surface area contributed by atoms with E-state index in [2.05, 4.69) is 0 Å². The van der Waals surface area contributed by atoms with Crippen molar-refractivity contribution in [1.29, 1.82) is 0 Å². The van der Waals surface area contributed by atoms with Gasteiger partial charge in [0.05, 0.1) is 19.6 Å². The normalized spacial score (nSPS) is 11.0. The number of carbonyl (C=O) groups is 1. The van der Waals surface area contributed by atoms with E-state index in [-0.39, 0.29) is 18.5 Å². The van der Waals surface area contributed by atoms with Gasteiger partial charge in [-0.3, -0.25) is 4.79 Å². The van der Waals surface area contributed by atoms with Crippen LogP contribution >= 0.6 is 0 Å². The second kappa shape index (κ2) is 8.31. The summed E-state index contributed by atoms with van der Waals surface area (Å²) in [6.07, 6.45) is 3.89. The van der Waals surface area contributed by atoms with Crippen molar-refractivity contribution in [3.05, 3.63) is 59.2 Å². The van der Waals surface area contributed by atoms with Crippen molar-refractivity contribution in [3.63, 3.8) is 0 Å².